The standard InChI is InChI=1S/C12H24N2O3/c1-10(13(4)12(2,3)9-15)11(16)14-5-7-17-8-6-14/h10,15H,5-9H2,1-4H3. The molecule has 0 saturated carbocycles. The van der Waals surface area contributed by atoms with E-state index in [0.717, 1.165) is 0 Å². The Balaban J connectivity index is 2.62. The molecular formula is C12H24N2O3. The van der Waals surface area contributed by atoms with Gasteiger partial charge in [0.25, 0.3) is 0 Å². The molecule has 0 aromatic carbocycles. The number of hydrogen-bond donors (Lipinski definition) is 1. The van der Waals surface area contributed by atoms with Crippen LogP contribution in [0.3, 0.4) is 0 Å². The van der Waals surface area contributed by atoms with Crippen molar-refractivity contribution in [2.45, 2.75) is 32.4 Å². The van der Waals surface area contributed by atoms with Crippen LogP contribution in [-0.2, 0) is 9.53 Å². The molecule has 100 valence electrons. The SMILES string of the molecule is CC(C(=O)N1CCOCC1)N(C)C(C)(C)CO. The summed E-state index contributed by atoms with van der Waals surface area (Å²) in [6, 6.07) is -0.227. The Morgan fingerprint density at radius 1 is 1.47 bits per heavy atom. The maximum absolute atomic E-state index is 12.2. The number of aliphatic hydroxyl groups is 1. The number of ether oxygens (including phenoxy) is 1. The van der Waals surface area contributed by atoms with Crippen molar-refractivity contribution in [1.82, 2.24) is 9.80 Å². The van der Waals surface area contributed by atoms with Gasteiger partial charge in [-0.25, -0.2) is 0 Å². The lowest BCUT2D eigenvalue weighted by Gasteiger charge is -2.40. The average molecular weight is 244 g/mol. The van der Waals surface area contributed by atoms with Gasteiger partial charge in [-0.1, -0.05) is 0 Å². The largest absolute Gasteiger partial charge is 0.394 e. The van der Waals surface area contributed by atoms with E-state index < -0.39 is 0 Å². The molecule has 1 rings (SSSR count). The zero-order chi connectivity index (χ0) is 13.1. The fourth-order valence-electron chi connectivity index (χ4n) is 1.85. The van der Waals surface area contributed by atoms with Crippen molar-refractivity contribution in [1.29, 1.82) is 0 Å². The number of rotatable bonds is 4. The first kappa shape index (κ1) is 14.4. The van der Waals surface area contributed by atoms with Crippen LogP contribution in [0.15, 0.2) is 0 Å². The summed E-state index contributed by atoms with van der Waals surface area (Å²) in [5, 5.41) is 9.32. The van der Waals surface area contributed by atoms with Gasteiger partial charge in [0, 0.05) is 18.6 Å². The van der Waals surface area contributed by atoms with Gasteiger partial charge in [-0.2, -0.15) is 0 Å². The third-order valence-corrected chi connectivity index (χ3v) is 3.60. The summed E-state index contributed by atoms with van der Waals surface area (Å²) >= 11 is 0. The van der Waals surface area contributed by atoms with Crippen LogP contribution in [0.2, 0.25) is 0 Å². The first-order valence-electron chi connectivity index (χ1n) is 6.10. The molecule has 0 radical (unpaired) electrons. The number of carbonyl (C=O) groups excluding carboxylic acids is 1. The Labute approximate surface area is 103 Å². The molecule has 0 spiro atoms. The van der Waals surface area contributed by atoms with E-state index in [1.165, 1.54) is 0 Å². The van der Waals surface area contributed by atoms with Gasteiger partial charge in [0.05, 0.1) is 25.9 Å². The second-order valence-corrected chi connectivity index (χ2v) is 5.20. The average Bonchev–Trinajstić information content (AvgIpc) is 2.37. The molecule has 0 aromatic heterocycles. The van der Waals surface area contributed by atoms with Crippen molar-refractivity contribution < 1.29 is 14.6 Å². The molecule has 0 aromatic rings. The molecule has 1 atom stereocenters. The predicted octanol–water partition coefficient (Wildman–Crippen LogP) is -0.0636. The van der Waals surface area contributed by atoms with Gasteiger partial charge in [-0.05, 0) is 27.8 Å². The van der Waals surface area contributed by atoms with Crippen LogP contribution in [-0.4, -0.2) is 72.4 Å². The predicted molar refractivity (Wildman–Crippen MR) is 65.8 cm³/mol. The third-order valence-electron chi connectivity index (χ3n) is 3.60. The quantitative estimate of drug-likeness (QED) is 0.752. The maximum atomic E-state index is 12.2. The number of nitrogens with zero attached hydrogens (tertiary/aromatic N) is 2. The van der Waals surface area contributed by atoms with Gasteiger partial charge in [-0.3, -0.25) is 9.69 Å². The van der Waals surface area contributed by atoms with Crippen molar-refractivity contribution >= 4 is 5.91 Å². The van der Waals surface area contributed by atoms with Crippen molar-refractivity contribution in [3.63, 3.8) is 0 Å². The van der Waals surface area contributed by atoms with E-state index in [0.29, 0.717) is 26.3 Å². The van der Waals surface area contributed by atoms with Crippen molar-refractivity contribution in [2.75, 3.05) is 40.0 Å². The van der Waals surface area contributed by atoms with Crippen LogP contribution < -0.4 is 0 Å². The Kier molecular flexibility index (Phi) is 4.91. The maximum Gasteiger partial charge on any atom is 0.239 e. The molecular weight excluding hydrogens is 220 g/mol. The van der Waals surface area contributed by atoms with Gasteiger partial charge < -0.3 is 14.7 Å². The Morgan fingerprint density at radius 2 is 2.00 bits per heavy atom. The molecule has 1 aliphatic rings. The highest BCUT2D eigenvalue weighted by Gasteiger charge is 2.32. The molecule has 1 aliphatic heterocycles. The Hall–Kier alpha value is -0.650. The van der Waals surface area contributed by atoms with Crippen LogP contribution in [0, 0.1) is 0 Å². The number of carbonyl (C=O) groups is 1. The van der Waals surface area contributed by atoms with Gasteiger partial charge in [-0.15, -0.1) is 0 Å². The molecule has 0 aliphatic carbocycles. The number of hydrogen-bond acceptors (Lipinski definition) is 4. The van der Waals surface area contributed by atoms with Crippen LogP contribution in [0.5, 0.6) is 0 Å². The Morgan fingerprint density at radius 3 is 2.47 bits per heavy atom. The van der Waals surface area contributed by atoms with E-state index in [2.05, 4.69) is 0 Å². The molecule has 1 unspecified atom stereocenters. The molecule has 5 heteroatoms. The lowest BCUT2D eigenvalue weighted by Crippen LogP contribution is -2.56. The highest BCUT2D eigenvalue weighted by Crippen LogP contribution is 2.16. The molecule has 1 N–H and O–H groups in total. The van der Waals surface area contributed by atoms with Gasteiger partial charge in [0.1, 0.15) is 0 Å². The monoisotopic (exact) mass is 244 g/mol. The highest BCUT2D eigenvalue weighted by atomic mass is 16.5. The summed E-state index contributed by atoms with van der Waals surface area (Å²) < 4.78 is 5.23. The summed E-state index contributed by atoms with van der Waals surface area (Å²) in [6.07, 6.45) is 0. The van der Waals surface area contributed by atoms with Crippen LogP contribution in [0.25, 0.3) is 0 Å². The molecule has 1 saturated heterocycles. The third kappa shape index (κ3) is 3.40. The number of morpholine rings is 1. The second-order valence-electron chi connectivity index (χ2n) is 5.20. The van der Waals surface area contributed by atoms with Crippen LogP contribution in [0.1, 0.15) is 20.8 Å². The minimum Gasteiger partial charge on any atom is -0.394 e. The van der Waals surface area contributed by atoms with Crippen molar-refractivity contribution in [3.8, 4) is 0 Å². The molecule has 0 bridgehead atoms. The van der Waals surface area contributed by atoms with E-state index in [9.17, 15) is 9.90 Å². The number of amides is 1. The minimum atomic E-state index is -0.388. The summed E-state index contributed by atoms with van der Waals surface area (Å²) in [6.45, 7) is 8.33. The normalized spacial score (nSPS) is 19.5. The first-order chi connectivity index (χ1) is 7.90. The van der Waals surface area contributed by atoms with Crippen molar-refractivity contribution in [2.24, 2.45) is 0 Å². The highest BCUT2D eigenvalue weighted by molar-refractivity contribution is 5.81. The topological polar surface area (TPSA) is 53.0 Å². The zero-order valence-electron chi connectivity index (χ0n) is 11.3. The van der Waals surface area contributed by atoms with Gasteiger partial charge in [0.15, 0.2) is 0 Å². The van der Waals surface area contributed by atoms with E-state index in [1.54, 1.807) is 0 Å². The second kappa shape index (κ2) is 5.80. The molecule has 1 amide bonds. The van der Waals surface area contributed by atoms with Crippen LogP contribution >= 0.6 is 0 Å². The summed E-state index contributed by atoms with van der Waals surface area (Å²) in [5.41, 5.74) is -0.388. The molecule has 1 heterocycles. The summed E-state index contributed by atoms with van der Waals surface area (Å²) in [5.74, 6) is 0.109. The van der Waals surface area contributed by atoms with Crippen LogP contribution in [0.4, 0.5) is 0 Å². The van der Waals surface area contributed by atoms with E-state index in [4.69, 9.17) is 4.74 Å². The lowest BCUT2D eigenvalue weighted by molar-refractivity contribution is -0.142. The Bertz CT molecular complexity index is 262. The lowest BCUT2D eigenvalue weighted by atomic mass is 10.0. The van der Waals surface area contributed by atoms with Gasteiger partial charge in [0.2, 0.25) is 5.91 Å². The smallest absolute Gasteiger partial charge is 0.239 e. The van der Waals surface area contributed by atoms with Gasteiger partial charge >= 0.3 is 0 Å². The van der Waals surface area contributed by atoms with E-state index in [1.807, 2.05) is 37.6 Å². The first-order valence-corrected chi connectivity index (χ1v) is 6.10. The summed E-state index contributed by atoms with van der Waals surface area (Å²) in [4.78, 5) is 16.0. The fourth-order valence-corrected chi connectivity index (χ4v) is 1.85. The minimum absolute atomic E-state index is 0.0320. The van der Waals surface area contributed by atoms with E-state index >= 15 is 0 Å². The fraction of sp³-hybridized carbons (Fsp3) is 0.917. The molecule has 1 fully saturated rings. The molecule has 17 heavy (non-hydrogen) atoms. The van der Waals surface area contributed by atoms with E-state index in [-0.39, 0.29) is 24.1 Å². The zero-order valence-corrected chi connectivity index (χ0v) is 11.3. The molecule has 5 nitrogen and oxygen atoms in total. The number of aliphatic hydroxyl groups excluding tert-OH is 1. The summed E-state index contributed by atoms with van der Waals surface area (Å²) in [7, 11) is 1.87. The van der Waals surface area contributed by atoms with Crippen molar-refractivity contribution in [3.05, 3.63) is 0 Å². The number of likely N-dealkylation sites (N-methyl/N-ethyl adjacent to an activating group) is 1.